The van der Waals surface area contributed by atoms with Gasteiger partial charge in [-0.3, -0.25) is 14.5 Å². The monoisotopic (exact) mass is 502 g/mol. The minimum absolute atomic E-state index is 0.205. The zero-order valence-corrected chi connectivity index (χ0v) is 17.7. The second-order valence-corrected chi connectivity index (χ2v) is 7.98. The van der Waals surface area contributed by atoms with Gasteiger partial charge in [0.05, 0.1) is 20.1 Å². The highest BCUT2D eigenvalue weighted by molar-refractivity contribution is 14.1. The van der Waals surface area contributed by atoms with E-state index in [2.05, 4.69) is 35.2 Å². The summed E-state index contributed by atoms with van der Waals surface area (Å²) >= 11 is 3.08. The molecule has 2 aromatic rings. The molecule has 3 rings (SSSR count). The lowest BCUT2D eigenvalue weighted by molar-refractivity contribution is -0.122. The van der Waals surface area contributed by atoms with Crippen molar-refractivity contribution in [2.24, 2.45) is 0 Å². The summed E-state index contributed by atoms with van der Waals surface area (Å²) in [7, 11) is 0. The Morgan fingerprint density at radius 2 is 2.04 bits per heavy atom. The van der Waals surface area contributed by atoms with Crippen LogP contribution in [0.4, 0.5) is 4.79 Å². The van der Waals surface area contributed by atoms with Gasteiger partial charge in [0, 0.05) is 12.1 Å². The van der Waals surface area contributed by atoms with Crippen molar-refractivity contribution in [2.75, 3.05) is 6.54 Å². The lowest BCUT2D eigenvalue weighted by Gasteiger charge is -2.10. The van der Waals surface area contributed by atoms with E-state index in [1.165, 1.54) is 11.0 Å². The number of imide groups is 1. The van der Waals surface area contributed by atoms with Crippen molar-refractivity contribution in [3.8, 4) is 11.8 Å². The second-order valence-electron chi connectivity index (χ2n) is 5.83. The quantitative estimate of drug-likeness (QED) is 0.317. The molecule has 2 aromatic carbocycles. The highest BCUT2D eigenvalue weighted by Gasteiger charge is 2.34. The molecule has 0 radical (unpaired) electrons. The summed E-state index contributed by atoms with van der Waals surface area (Å²) < 4.78 is 6.72. The van der Waals surface area contributed by atoms with Gasteiger partial charge in [0.2, 0.25) is 0 Å². The van der Waals surface area contributed by atoms with Gasteiger partial charge in [-0.25, -0.2) is 0 Å². The van der Waals surface area contributed by atoms with Gasteiger partial charge in [-0.2, -0.15) is 5.26 Å². The van der Waals surface area contributed by atoms with Gasteiger partial charge in [-0.05, 0) is 64.2 Å². The zero-order chi connectivity index (χ0) is 20.1. The van der Waals surface area contributed by atoms with Crippen LogP contribution in [0, 0.1) is 14.9 Å². The maximum Gasteiger partial charge on any atom is 0.293 e. The van der Waals surface area contributed by atoms with Crippen molar-refractivity contribution in [3.63, 3.8) is 0 Å². The van der Waals surface area contributed by atoms with Crippen LogP contribution in [0.25, 0.3) is 6.08 Å². The largest absolute Gasteiger partial charge is 0.488 e. The normalized spacial score (nSPS) is 15.0. The average Bonchev–Trinajstić information content (AvgIpc) is 2.95. The number of carbonyl (C=O) groups is 2. The van der Waals surface area contributed by atoms with Crippen molar-refractivity contribution in [2.45, 2.75) is 6.61 Å². The molecule has 1 heterocycles. The number of nitrogens with zero attached hydrogens (tertiary/aromatic N) is 2. The van der Waals surface area contributed by atoms with E-state index in [4.69, 9.17) is 10.00 Å². The molecule has 0 bridgehead atoms. The van der Waals surface area contributed by atoms with E-state index < -0.39 is 0 Å². The fraction of sp³-hybridized carbons (Fsp3) is 0.0952. The van der Waals surface area contributed by atoms with Crippen molar-refractivity contribution in [1.82, 2.24) is 4.90 Å². The molecule has 5 nitrogen and oxygen atoms in total. The summed E-state index contributed by atoms with van der Waals surface area (Å²) in [6.07, 6.45) is 3.23. The molecule has 140 valence electrons. The Hall–Kier alpha value is -2.57. The van der Waals surface area contributed by atoms with Crippen LogP contribution in [0.5, 0.6) is 5.75 Å². The Balaban J connectivity index is 1.74. The fourth-order valence-electron chi connectivity index (χ4n) is 2.57. The first-order valence-corrected chi connectivity index (χ1v) is 10.2. The molecule has 0 saturated carbocycles. The molecular formula is C21H15IN2O3S. The number of thioether (sulfide) groups is 1. The SMILES string of the molecule is C=CCN1C(=O)S/C(=C/c2ccc(OCc3ccccc3C#N)c(I)c2)C1=O. The van der Waals surface area contributed by atoms with Crippen LogP contribution in [0.15, 0.2) is 60.0 Å². The maximum atomic E-state index is 12.3. The van der Waals surface area contributed by atoms with Crippen molar-refractivity contribution < 1.29 is 14.3 Å². The van der Waals surface area contributed by atoms with Crippen molar-refractivity contribution >= 4 is 51.6 Å². The van der Waals surface area contributed by atoms with E-state index >= 15 is 0 Å². The lowest BCUT2D eigenvalue weighted by Crippen LogP contribution is -2.27. The smallest absolute Gasteiger partial charge is 0.293 e. The zero-order valence-electron chi connectivity index (χ0n) is 14.7. The molecule has 1 fully saturated rings. The van der Waals surface area contributed by atoms with Crippen molar-refractivity contribution in [1.29, 1.82) is 5.26 Å². The number of benzene rings is 2. The highest BCUT2D eigenvalue weighted by atomic mass is 127. The summed E-state index contributed by atoms with van der Waals surface area (Å²) in [5.74, 6) is 0.378. The van der Waals surface area contributed by atoms with Gasteiger partial charge in [0.25, 0.3) is 11.1 Å². The van der Waals surface area contributed by atoms with Gasteiger partial charge >= 0.3 is 0 Å². The predicted octanol–water partition coefficient (Wildman–Crippen LogP) is 4.96. The molecule has 0 unspecified atom stereocenters. The first-order chi connectivity index (χ1) is 13.5. The van der Waals surface area contributed by atoms with Crippen LogP contribution in [-0.4, -0.2) is 22.6 Å². The molecule has 0 spiro atoms. The maximum absolute atomic E-state index is 12.3. The number of carbonyl (C=O) groups excluding carboxylic acids is 2. The second kappa shape index (κ2) is 9.08. The van der Waals surface area contributed by atoms with E-state index in [0.717, 1.165) is 26.5 Å². The van der Waals surface area contributed by atoms with Gasteiger partial charge in [0.15, 0.2) is 0 Å². The third-order valence-corrected chi connectivity index (χ3v) is 5.71. The molecule has 1 aliphatic heterocycles. The minimum Gasteiger partial charge on any atom is -0.488 e. The Kier molecular flexibility index (Phi) is 6.54. The number of amides is 2. The summed E-state index contributed by atoms with van der Waals surface area (Å²) in [6.45, 7) is 4.06. The molecule has 0 aromatic heterocycles. The minimum atomic E-state index is -0.307. The molecule has 7 heteroatoms. The third-order valence-electron chi connectivity index (χ3n) is 3.96. The number of rotatable bonds is 6. The number of hydrogen-bond acceptors (Lipinski definition) is 5. The molecule has 0 aliphatic carbocycles. The van der Waals surface area contributed by atoms with Crippen molar-refractivity contribution in [3.05, 3.63) is 80.3 Å². The highest BCUT2D eigenvalue weighted by Crippen LogP contribution is 2.33. The molecule has 0 atom stereocenters. The molecule has 1 saturated heterocycles. The number of halogens is 1. The van der Waals surface area contributed by atoms with Crippen LogP contribution in [0.3, 0.4) is 0 Å². The Morgan fingerprint density at radius 1 is 1.25 bits per heavy atom. The molecular weight excluding hydrogens is 487 g/mol. The summed E-state index contributed by atoms with van der Waals surface area (Å²) in [4.78, 5) is 25.8. The van der Waals surface area contributed by atoms with Crippen LogP contribution in [-0.2, 0) is 11.4 Å². The van der Waals surface area contributed by atoms with Crippen LogP contribution in [0.2, 0.25) is 0 Å². The van der Waals surface area contributed by atoms with Crippen LogP contribution < -0.4 is 4.74 Å². The van der Waals surface area contributed by atoms with Gasteiger partial charge in [-0.15, -0.1) is 6.58 Å². The van der Waals surface area contributed by atoms with Crippen LogP contribution in [0.1, 0.15) is 16.7 Å². The van der Waals surface area contributed by atoms with Crippen LogP contribution >= 0.6 is 34.4 Å². The van der Waals surface area contributed by atoms with Gasteiger partial charge in [0.1, 0.15) is 12.4 Å². The summed E-state index contributed by atoms with van der Waals surface area (Å²) in [5.41, 5.74) is 2.21. The predicted molar refractivity (Wildman–Crippen MR) is 118 cm³/mol. The molecule has 0 N–H and O–H groups in total. The summed E-state index contributed by atoms with van der Waals surface area (Å²) in [6, 6.07) is 15.0. The van der Waals surface area contributed by atoms with E-state index in [-0.39, 0.29) is 17.7 Å². The fourth-order valence-corrected chi connectivity index (χ4v) is 4.12. The first-order valence-electron chi connectivity index (χ1n) is 8.30. The molecule has 1 aliphatic rings. The molecule has 2 amide bonds. The molecule has 28 heavy (non-hydrogen) atoms. The Morgan fingerprint density at radius 3 is 2.75 bits per heavy atom. The number of nitriles is 1. The topological polar surface area (TPSA) is 70.4 Å². The van der Waals surface area contributed by atoms with Gasteiger partial charge < -0.3 is 4.74 Å². The Bertz CT molecular complexity index is 1030. The first kappa shape index (κ1) is 20.2. The van der Waals surface area contributed by atoms with E-state index in [1.807, 2.05) is 36.4 Å². The van der Waals surface area contributed by atoms with E-state index in [9.17, 15) is 9.59 Å². The van der Waals surface area contributed by atoms with Gasteiger partial charge in [-0.1, -0.05) is 30.3 Å². The standard InChI is InChI=1S/C21H15IN2O3S/c1-2-9-24-20(25)19(28-21(24)26)11-14-7-8-18(17(22)10-14)27-13-16-6-4-3-5-15(16)12-23/h2-8,10-11H,1,9,13H2/b19-11+. The average molecular weight is 502 g/mol. The number of ether oxygens (including phenoxy) is 1. The Labute approximate surface area is 180 Å². The van der Waals surface area contributed by atoms with E-state index in [0.29, 0.717) is 22.8 Å². The summed E-state index contributed by atoms with van der Waals surface area (Å²) in [5, 5.41) is 8.87. The number of hydrogen-bond donors (Lipinski definition) is 0. The van der Waals surface area contributed by atoms with E-state index in [1.54, 1.807) is 12.1 Å². The third kappa shape index (κ3) is 4.46. The lowest BCUT2D eigenvalue weighted by atomic mass is 10.1.